The van der Waals surface area contributed by atoms with Crippen molar-refractivity contribution < 1.29 is 19.1 Å². The SMILES string of the molecule is CC(C)(C)C(=O)C1=C(O)C(=O)N(c2ccc(F)cc2)C1c1ccccc1. The highest BCUT2D eigenvalue weighted by atomic mass is 19.1. The molecule has 1 heterocycles. The van der Waals surface area contributed by atoms with E-state index in [1.54, 1.807) is 45.0 Å². The van der Waals surface area contributed by atoms with Crippen LogP contribution < -0.4 is 4.90 Å². The summed E-state index contributed by atoms with van der Waals surface area (Å²) in [7, 11) is 0. The lowest BCUT2D eigenvalue weighted by Crippen LogP contribution is -2.32. The average Bonchev–Trinajstić information content (AvgIpc) is 2.86. The molecule has 134 valence electrons. The van der Waals surface area contributed by atoms with E-state index in [2.05, 4.69) is 0 Å². The van der Waals surface area contributed by atoms with Crippen molar-refractivity contribution in [1.29, 1.82) is 0 Å². The van der Waals surface area contributed by atoms with Crippen LogP contribution in [0.4, 0.5) is 10.1 Å². The Morgan fingerprint density at radius 2 is 1.62 bits per heavy atom. The number of carbonyl (C=O) groups is 2. The van der Waals surface area contributed by atoms with Crippen LogP contribution in [0, 0.1) is 11.2 Å². The molecule has 5 heteroatoms. The Labute approximate surface area is 151 Å². The highest BCUT2D eigenvalue weighted by Gasteiger charge is 2.46. The fourth-order valence-corrected chi connectivity index (χ4v) is 3.06. The lowest BCUT2D eigenvalue weighted by atomic mass is 9.82. The summed E-state index contributed by atoms with van der Waals surface area (Å²) in [4.78, 5) is 27.1. The summed E-state index contributed by atoms with van der Waals surface area (Å²) in [5.41, 5.74) is 0.406. The zero-order valence-corrected chi connectivity index (χ0v) is 14.9. The lowest BCUT2D eigenvalue weighted by Gasteiger charge is -2.29. The van der Waals surface area contributed by atoms with Gasteiger partial charge < -0.3 is 5.11 Å². The number of benzene rings is 2. The molecule has 4 nitrogen and oxygen atoms in total. The van der Waals surface area contributed by atoms with Gasteiger partial charge in [0.05, 0.1) is 11.6 Å². The largest absolute Gasteiger partial charge is 0.503 e. The van der Waals surface area contributed by atoms with Crippen molar-refractivity contribution in [3.8, 4) is 0 Å². The molecule has 1 amide bonds. The number of halogens is 1. The summed E-state index contributed by atoms with van der Waals surface area (Å²) in [5.74, 6) is -1.96. The first-order valence-electron chi connectivity index (χ1n) is 8.34. The maximum Gasteiger partial charge on any atom is 0.294 e. The smallest absolute Gasteiger partial charge is 0.294 e. The molecule has 26 heavy (non-hydrogen) atoms. The molecular weight excluding hydrogens is 333 g/mol. The van der Waals surface area contributed by atoms with Crippen molar-refractivity contribution in [3.05, 3.63) is 77.3 Å². The third kappa shape index (κ3) is 3.01. The van der Waals surface area contributed by atoms with Gasteiger partial charge in [-0.3, -0.25) is 14.5 Å². The number of hydrogen-bond donors (Lipinski definition) is 1. The first-order valence-corrected chi connectivity index (χ1v) is 8.34. The monoisotopic (exact) mass is 353 g/mol. The summed E-state index contributed by atoms with van der Waals surface area (Å²) < 4.78 is 13.3. The minimum atomic E-state index is -0.768. The molecule has 1 unspecified atom stereocenters. The van der Waals surface area contributed by atoms with Gasteiger partial charge in [0.25, 0.3) is 5.91 Å². The van der Waals surface area contributed by atoms with Crippen molar-refractivity contribution in [2.24, 2.45) is 5.41 Å². The Morgan fingerprint density at radius 3 is 2.15 bits per heavy atom. The van der Waals surface area contributed by atoms with Gasteiger partial charge in [-0.1, -0.05) is 51.1 Å². The van der Waals surface area contributed by atoms with Crippen LogP contribution in [0.15, 0.2) is 65.9 Å². The Hall–Kier alpha value is -2.95. The quantitative estimate of drug-likeness (QED) is 0.893. The molecule has 0 aliphatic carbocycles. The molecule has 1 atom stereocenters. The van der Waals surface area contributed by atoms with E-state index in [-0.39, 0.29) is 11.4 Å². The van der Waals surface area contributed by atoms with Crippen molar-refractivity contribution >= 4 is 17.4 Å². The second kappa shape index (κ2) is 6.41. The summed E-state index contributed by atoms with van der Waals surface area (Å²) in [6.07, 6.45) is 0. The zero-order chi connectivity index (χ0) is 19.1. The van der Waals surface area contributed by atoms with E-state index in [0.29, 0.717) is 11.3 Å². The molecule has 0 bridgehead atoms. The van der Waals surface area contributed by atoms with Crippen molar-refractivity contribution in [2.45, 2.75) is 26.8 Å². The first-order chi connectivity index (χ1) is 12.2. The topological polar surface area (TPSA) is 57.6 Å². The van der Waals surface area contributed by atoms with Gasteiger partial charge in [0.2, 0.25) is 0 Å². The van der Waals surface area contributed by atoms with Crippen LogP contribution >= 0.6 is 0 Å². The van der Waals surface area contributed by atoms with Crippen LogP contribution in [0.3, 0.4) is 0 Å². The maximum atomic E-state index is 13.3. The minimum Gasteiger partial charge on any atom is -0.503 e. The van der Waals surface area contributed by atoms with Crippen LogP contribution in [0.2, 0.25) is 0 Å². The van der Waals surface area contributed by atoms with E-state index >= 15 is 0 Å². The van der Waals surface area contributed by atoms with E-state index in [1.807, 2.05) is 6.07 Å². The zero-order valence-electron chi connectivity index (χ0n) is 14.9. The molecule has 1 aliphatic heterocycles. The molecule has 3 rings (SSSR count). The number of ketones is 1. The van der Waals surface area contributed by atoms with Crippen LogP contribution in [0.25, 0.3) is 0 Å². The highest BCUT2D eigenvalue weighted by molar-refractivity contribution is 6.17. The number of aliphatic hydroxyl groups is 1. The van der Waals surface area contributed by atoms with Crippen molar-refractivity contribution in [2.75, 3.05) is 4.90 Å². The summed E-state index contributed by atoms with van der Waals surface area (Å²) >= 11 is 0. The molecule has 2 aromatic carbocycles. The van der Waals surface area contributed by atoms with E-state index < -0.39 is 28.9 Å². The van der Waals surface area contributed by atoms with Gasteiger partial charge in [-0.25, -0.2) is 4.39 Å². The fourth-order valence-electron chi connectivity index (χ4n) is 3.06. The predicted octanol–water partition coefficient (Wildman–Crippen LogP) is 4.34. The minimum absolute atomic E-state index is 0.0676. The Morgan fingerprint density at radius 1 is 1.04 bits per heavy atom. The van der Waals surface area contributed by atoms with Crippen LogP contribution in [0.5, 0.6) is 0 Å². The van der Waals surface area contributed by atoms with Gasteiger partial charge in [-0.05, 0) is 29.8 Å². The summed E-state index contributed by atoms with van der Waals surface area (Å²) in [6, 6.07) is 13.7. The number of aliphatic hydroxyl groups excluding tert-OH is 1. The third-order valence-electron chi connectivity index (χ3n) is 4.35. The number of amides is 1. The van der Waals surface area contributed by atoms with Gasteiger partial charge in [0.1, 0.15) is 5.82 Å². The second-order valence-corrected chi connectivity index (χ2v) is 7.31. The Kier molecular flexibility index (Phi) is 4.40. The molecule has 2 aromatic rings. The molecule has 0 radical (unpaired) electrons. The van der Waals surface area contributed by atoms with Gasteiger partial charge in [0, 0.05) is 11.1 Å². The average molecular weight is 353 g/mol. The summed E-state index contributed by atoms with van der Waals surface area (Å²) in [5, 5.41) is 10.5. The van der Waals surface area contributed by atoms with Crippen LogP contribution in [0.1, 0.15) is 32.4 Å². The fraction of sp³-hybridized carbons (Fsp3) is 0.238. The van der Waals surface area contributed by atoms with Gasteiger partial charge in [-0.2, -0.15) is 0 Å². The lowest BCUT2D eigenvalue weighted by molar-refractivity contribution is -0.123. The van der Waals surface area contributed by atoms with Crippen molar-refractivity contribution in [1.82, 2.24) is 0 Å². The molecule has 0 saturated carbocycles. The van der Waals surface area contributed by atoms with Crippen LogP contribution in [-0.4, -0.2) is 16.8 Å². The van der Waals surface area contributed by atoms with Crippen LogP contribution in [-0.2, 0) is 9.59 Å². The van der Waals surface area contributed by atoms with E-state index in [0.717, 1.165) is 0 Å². The summed E-state index contributed by atoms with van der Waals surface area (Å²) in [6.45, 7) is 5.22. The first kappa shape index (κ1) is 17.9. The standard InChI is InChI=1S/C21H20FNO3/c1-21(2,3)19(25)16-17(13-7-5-4-6-8-13)23(20(26)18(16)24)15-11-9-14(22)10-12-15/h4-12,17,24H,1-3H3. The maximum absolute atomic E-state index is 13.3. The number of nitrogens with zero attached hydrogens (tertiary/aromatic N) is 1. The molecule has 1 aliphatic rings. The van der Waals surface area contributed by atoms with Gasteiger partial charge in [0.15, 0.2) is 11.5 Å². The Balaban J connectivity index is 2.19. The molecule has 0 saturated heterocycles. The molecular formula is C21H20FNO3. The van der Waals surface area contributed by atoms with E-state index in [9.17, 15) is 19.1 Å². The molecule has 0 fully saturated rings. The Bertz CT molecular complexity index is 880. The van der Waals surface area contributed by atoms with Gasteiger partial charge in [-0.15, -0.1) is 0 Å². The van der Waals surface area contributed by atoms with Crippen molar-refractivity contribution in [3.63, 3.8) is 0 Å². The number of carbonyl (C=O) groups excluding carboxylic acids is 2. The molecule has 0 aromatic heterocycles. The second-order valence-electron chi connectivity index (χ2n) is 7.31. The predicted molar refractivity (Wildman–Crippen MR) is 97.2 cm³/mol. The molecule has 0 spiro atoms. The number of hydrogen-bond acceptors (Lipinski definition) is 3. The van der Waals surface area contributed by atoms with Gasteiger partial charge >= 0.3 is 0 Å². The number of anilines is 1. The third-order valence-corrected chi connectivity index (χ3v) is 4.35. The normalized spacial score (nSPS) is 17.8. The highest BCUT2D eigenvalue weighted by Crippen LogP contribution is 2.43. The molecule has 1 N–H and O–H groups in total. The number of rotatable bonds is 3. The van der Waals surface area contributed by atoms with E-state index in [1.165, 1.54) is 29.2 Å². The number of Topliss-reactive ketones (excluding diaryl/α,β-unsaturated/α-hetero) is 1. The van der Waals surface area contributed by atoms with E-state index in [4.69, 9.17) is 0 Å².